The maximum absolute atomic E-state index is 13.0. The number of halogens is 3. The van der Waals surface area contributed by atoms with E-state index in [9.17, 15) is 13.2 Å². The van der Waals surface area contributed by atoms with Crippen LogP contribution in [-0.2, 0) is 19.3 Å². The summed E-state index contributed by atoms with van der Waals surface area (Å²) in [6, 6.07) is 4.59. The average molecular weight is 341 g/mol. The Kier molecular flexibility index (Phi) is 5.00. The molecule has 2 N–H and O–H groups in total. The van der Waals surface area contributed by atoms with Crippen LogP contribution < -0.4 is 5.73 Å². The third kappa shape index (κ3) is 4.78. The predicted octanol–water partition coefficient (Wildman–Crippen LogP) is 2.76. The van der Waals surface area contributed by atoms with Gasteiger partial charge in [0, 0.05) is 23.8 Å². The van der Waals surface area contributed by atoms with Crippen molar-refractivity contribution in [1.29, 1.82) is 0 Å². The van der Waals surface area contributed by atoms with Gasteiger partial charge in [0.25, 0.3) is 0 Å². The second kappa shape index (κ2) is 6.52. The van der Waals surface area contributed by atoms with Crippen molar-refractivity contribution in [1.82, 2.24) is 19.7 Å². The highest BCUT2D eigenvalue weighted by Crippen LogP contribution is 2.32. The molecule has 0 atom stereocenters. The van der Waals surface area contributed by atoms with Crippen LogP contribution in [0.1, 0.15) is 25.2 Å². The number of alkyl halides is 3. The van der Waals surface area contributed by atoms with Crippen molar-refractivity contribution in [3.63, 3.8) is 0 Å². The summed E-state index contributed by atoms with van der Waals surface area (Å²) in [4.78, 5) is 6.27. The predicted molar refractivity (Wildman–Crippen MR) is 86.1 cm³/mol. The molecule has 24 heavy (non-hydrogen) atoms. The summed E-state index contributed by atoms with van der Waals surface area (Å²) in [6.45, 7) is 4.30. The third-order valence-electron chi connectivity index (χ3n) is 3.23. The third-order valence-corrected chi connectivity index (χ3v) is 3.23. The molecule has 132 valence electrons. The van der Waals surface area contributed by atoms with E-state index in [1.807, 2.05) is 19.0 Å². The fourth-order valence-electron chi connectivity index (χ4n) is 2.29. The lowest BCUT2D eigenvalue weighted by molar-refractivity contribution is -0.141. The highest BCUT2D eigenvalue weighted by Gasteiger charge is 2.35. The first-order valence-electron chi connectivity index (χ1n) is 7.50. The van der Waals surface area contributed by atoms with Crippen LogP contribution in [-0.4, -0.2) is 39.3 Å². The number of pyridine rings is 1. The molecule has 0 saturated carbocycles. The molecule has 0 aromatic carbocycles. The van der Waals surface area contributed by atoms with Crippen LogP contribution in [0.15, 0.2) is 24.4 Å². The number of hydrogen-bond donors (Lipinski definition) is 1. The van der Waals surface area contributed by atoms with E-state index in [0.717, 1.165) is 11.8 Å². The van der Waals surface area contributed by atoms with Crippen molar-refractivity contribution < 1.29 is 13.2 Å². The number of hydrogen-bond acceptors (Lipinski definition) is 4. The molecule has 0 spiro atoms. The van der Waals surface area contributed by atoms with Gasteiger partial charge in [-0.05, 0) is 46.1 Å². The monoisotopic (exact) mass is 341 g/mol. The van der Waals surface area contributed by atoms with Gasteiger partial charge in [0.05, 0.1) is 17.9 Å². The number of nitrogens with two attached hydrogens (primary N) is 1. The fraction of sp³-hybridized carbons (Fsp3) is 0.500. The molecular weight excluding hydrogens is 319 g/mol. The molecule has 2 heterocycles. The Labute approximate surface area is 139 Å². The van der Waals surface area contributed by atoms with E-state index in [4.69, 9.17) is 5.73 Å². The molecule has 0 radical (unpaired) electrons. The highest BCUT2D eigenvalue weighted by molar-refractivity contribution is 5.59. The van der Waals surface area contributed by atoms with Gasteiger partial charge in [-0.2, -0.15) is 18.3 Å². The van der Waals surface area contributed by atoms with E-state index in [1.54, 1.807) is 32.2 Å². The summed E-state index contributed by atoms with van der Waals surface area (Å²) in [6.07, 6.45) is -2.94. The molecule has 2 rings (SSSR count). The Hall–Kier alpha value is -1.93. The van der Waals surface area contributed by atoms with Gasteiger partial charge in [-0.1, -0.05) is 0 Å². The first kappa shape index (κ1) is 18.4. The molecule has 0 aliphatic rings. The van der Waals surface area contributed by atoms with Crippen molar-refractivity contribution >= 4 is 0 Å². The van der Waals surface area contributed by atoms with Crippen LogP contribution in [0.25, 0.3) is 11.3 Å². The minimum Gasteiger partial charge on any atom is -0.324 e. The lowest BCUT2D eigenvalue weighted by atomic mass is 10.1. The first-order valence-corrected chi connectivity index (χ1v) is 7.50. The molecule has 2 aromatic rings. The van der Waals surface area contributed by atoms with Crippen molar-refractivity contribution in [3.8, 4) is 11.3 Å². The summed E-state index contributed by atoms with van der Waals surface area (Å²) in [5.74, 6) is 0. The van der Waals surface area contributed by atoms with Crippen LogP contribution >= 0.6 is 0 Å². The smallest absolute Gasteiger partial charge is 0.324 e. The molecule has 0 bridgehead atoms. The second-order valence-corrected chi connectivity index (χ2v) is 6.83. The van der Waals surface area contributed by atoms with Gasteiger partial charge in [0.15, 0.2) is 5.69 Å². The van der Waals surface area contributed by atoms with Crippen LogP contribution in [0.4, 0.5) is 13.2 Å². The summed E-state index contributed by atoms with van der Waals surface area (Å²) in [5, 5.41) is 3.69. The van der Waals surface area contributed by atoms with Gasteiger partial charge in [-0.15, -0.1) is 0 Å². The first-order chi connectivity index (χ1) is 11.0. The van der Waals surface area contributed by atoms with Crippen molar-refractivity contribution in [2.24, 2.45) is 5.73 Å². The standard InChI is InChI=1S/C16H22F3N5/c1-15(2,20)10-24-13(7-14(22-24)16(17,18)19)11-5-6-12(21-8-11)9-23(3)4/h5-8H,9-10,20H2,1-4H3. The Balaban J connectivity index is 2.42. The Morgan fingerprint density at radius 2 is 1.88 bits per heavy atom. The van der Waals surface area contributed by atoms with E-state index in [-0.39, 0.29) is 6.54 Å². The van der Waals surface area contributed by atoms with Gasteiger partial charge in [-0.25, -0.2) is 0 Å². The zero-order valence-corrected chi connectivity index (χ0v) is 14.2. The molecule has 5 nitrogen and oxygen atoms in total. The molecule has 0 aliphatic carbocycles. The molecule has 0 saturated heterocycles. The normalized spacial score (nSPS) is 12.9. The molecule has 0 amide bonds. The van der Waals surface area contributed by atoms with Crippen LogP contribution in [0.5, 0.6) is 0 Å². The lowest BCUT2D eigenvalue weighted by Crippen LogP contribution is -2.37. The zero-order chi connectivity index (χ0) is 18.1. The molecule has 0 aliphatic heterocycles. The number of rotatable bonds is 5. The van der Waals surface area contributed by atoms with Gasteiger partial charge in [0.2, 0.25) is 0 Å². The molecule has 2 aromatic heterocycles. The summed E-state index contributed by atoms with van der Waals surface area (Å²) < 4.78 is 40.3. The minimum atomic E-state index is -4.50. The van der Waals surface area contributed by atoms with Gasteiger partial charge >= 0.3 is 6.18 Å². The number of aromatic nitrogens is 3. The van der Waals surface area contributed by atoms with E-state index >= 15 is 0 Å². The highest BCUT2D eigenvalue weighted by atomic mass is 19.4. The summed E-state index contributed by atoms with van der Waals surface area (Å²) in [7, 11) is 3.84. The lowest BCUT2D eigenvalue weighted by Gasteiger charge is -2.20. The average Bonchev–Trinajstić information content (AvgIpc) is 2.80. The van der Waals surface area contributed by atoms with Gasteiger partial charge in [-0.3, -0.25) is 9.67 Å². The summed E-state index contributed by atoms with van der Waals surface area (Å²) in [5.41, 5.74) is 6.09. The van der Waals surface area contributed by atoms with Crippen molar-refractivity contribution in [2.75, 3.05) is 14.1 Å². The second-order valence-electron chi connectivity index (χ2n) is 6.83. The van der Waals surface area contributed by atoms with E-state index in [2.05, 4.69) is 10.1 Å². The maximum atomic E-state index is 13.0. The van der Waals surface area contributed by atoms with Crippen LogP contribution in [0.3, 0.4) is 0 Å². The molecule has 0 unspecified atom stereocenters. The van der Waals surface area contributed by atoms with Gasteiger partial charge in [0.1, 0.15) is 0 Å². The van der Waals surface area contributed by atoms with Crippen LogP contribution in [0, 0.1) is 0 Å². The molecule has 8 heteroatoms. The van der Waals surface area contributed by atoms with E-state index in [1.165, 1.54) is 4.68 Å². The zero-order valence-electron chi connectivity index (χ0n) is 14.2. The molecular formula is C16H22F3N5. The quantitative estimate of drug-likeness (QED) is 0.908. The largest absolute Gasteiger partial charge is 0.435 e. The Bertz CT molecular complexity index is 681. The Morgan fingerprint density at radius 1 is 1.21 bits per heavy atom. The topological polar surface area (TPSA) is 60.0 Å². The number of nitrogens with zero attached hydrogens (tertiary/aromatic N) is 4. The minimum absolute atomic E-state index is 0.165. The SMILES string of the molecule is CN(C)Cc1ccc(-c2cc(C(F)(F)F)nn2CC(C)(C)N)cn1. The summed E-state index contributed by atoms with van der Waals surface area (Å²) >= 11 is 0. The van der Waals surface area contributed by atoms with Crippen molar-refractivity contribution in [3.05, 3.63) is 35.8 Å². The van der Waals surface area contributed by atoms with Crippen LogP contribution in [0.2, 0.25) is 0 Å². The maximum Gasteiger partial charge on any atom is 0.435 e. The van der Waals surface area contributed by atoms with Crippen molar-refractivity contribution in [2.45, 2.75) is 38.7 Å². The van der Waals surface area contributed by atoms with E-state index < -0.39 is 17.4 Å². The molecule has 0 fully saturated rings. The Morgan fingerprint density at radius 3 is 2.33 bits per heavy atom. The fourth-order valence-corrected chi connectivity index (χ4v) is 2.29. The van der Waals surface area contributed by atoms with Gasteiger partial charge < -0.3 is 10.6 Å². The van der Waals surface area contributed by atoms with E-state index in [0.29, 0.717) is 17.8 Å².